The highest BCUT2D eigenvalue weighted by Gasteiger charge is 2.12. The van der Waals surface area contributed by atoms with E-state index in [9.17, 15) is 9.59 Å². The van der Waals surface area contributed by atoms with Gasteiger partial charge >= 0.3 is 0 Å². The van der Waals surface area contributed by atoms with Crippen molar-refractivity contribution in [1.82, 2.24) is 0 Å². The van der Waals surface area contributed by atoms with Gasteiger partial charge < -0.3 is 0 Å². The largest absolute Gasteiger partial charge is 0.290 e. The third-order valence-electron chi connectivity index (χ3n) is 2.02. The Kier molecular flexibility index (Phi) is 3.18. The van der Waals surface area contributed by atoms with Crippen LogP contribution in [0.25, 0.3) is 0 Å². The van der Waals surface area contributed by atoms with Gasteiger partial charge in [-0.2, -0.15) is 0 Å². The van der Waals surface area contributed by atoms with E-state index >= 15 is 0 Å². The Morgan fingerprint density at radius 2 is 1.92 bits per heavy atom. The molecular weight excluding hydrogens is 164 g/mol. The Morgan fingerprint density at radius 3 is 2.54 bits per heavy atom. The van der Waals surface area contributed by atoms with Crippen LogP contribution in [0.3, 0.4) is 0 Å². The van der Waals surface area contributed by atoms with E-state index in [-0.39, 0.29) is 11.6 Å². The molecule has 1 aliphatic rings. The molecule has 0 saturated carbocycles. The van der Waals surface area contributed by atoms with Gasteiger partial charge in [0.15, 0.2) is 11.6 Å². The first-order valence-corrected chi connectivity index (χ1v) is 4.56. The van der Waals surface area contributed by atoms with Crippen LogP contribution in [-0.4, -0.2) is 11.6 Å². The monoisotopic (exact) mass is 178 g/mol. The summed E-state index contributed by atoms with van der Waals surface area (Å²) in [5.74, 6) is 0.480. The lowest BCUT2D eigenvalue weighted by atomic mass is 9.96. The molecule has 70 valence electrons. The Morgan fingerprint density at radius 1 is 1.23 bits per heavy atom. The molecule has 2 nitrogen and oxygen atoms in total. The van der Waals surface area contributed by atoms with E-state index in [1.54, 1.807) is 0 Å². The second-order valence-corrected chi connectivity index (χ2v) is 3.70. The first-order valence-electron chi connectivity index (χ1n) is 4.56. The van der Waals surface area contributed by atoms with Gasteiger partial charge in [0.05, 0.1) is 0 Å². The Bertz CT molecular complexity index is 282. The van der Waals surface area contributed by atoms with Gasteiger partial charge in [-0.1, -0.05) is 13.8 Å². The minimum atomic E-state index is -0.0710. The summed E-state index contributed by atoms with van der Waals surface area (Å²) >= 11 is 0. The van der Waals surface area contributed by atoms with E-state index in [2.05, 4.69) is 13.8 Å². The normalized spacial score (nSPS) is 16.7. The summed E-state index contributed by atoms with van der Waals surface area (Å²) in [6.07, 6.45) is 5.80. The molecular formula is C11H14O2. The van der Waals surface area contributed by atoms with E-state index in [1.807, 2.05) is 0 Å². The van der Waals surface area contributed by atoms with Gasteiger partial charge in [-0.3, -0.25) is 9.59 Å². The molecule has 0 bridgehead atoms. The molecule has 1 aliphatic carbocycles. The predicted molar refractivity (Wildman–Crippen MR) is 51.3 cm³/mol. The summed E-state index contributed by atoms with van der Waals surface area (Å²) in [6, 6.07) is 0. The second-order valence-electron chi connectivity index (χ2n) is 3.70. The van der Waals surface area contributed by atoms with Gasteiger partial charge in [-0.15, -0.1) is 0 Å². The molecule has 0 aromatic rings. The van der Waals surface area contributed by atoms with E-state index in [4.69, 9.17) is 0 Å². The molecule has 1 rings (SSSR count). The Hall–Kier alpha value is -1.18. The Balaban J connectivity index is 2.58. The average molecular weight is 178 g/mol. The highest BCUT2D eigenvalue weighted by atomic mass is 16.1. The number of allylic oxidation sites excluding steroid dienone is 4. The van der Waals surface area contributed by atoms with Crippen LogP contribution in [0.15, 0.2) is 23.8 Å². The maximum Gasteiger partial charge on any atom is 0.182 e. The van der Waals surface area contributed by atoms with Crippen LogP contribution < -0.4 is 0 Å². The SMILES string of the molecule is CC(C)CCC1=CC(=O)C=CC1=O. The highest BCUT2D eigenvalue weighted by molar-refractivity contribution is 6.17. The molecule has 0 aliphatic heterocycles. The minimum Gasteiger partial charge on any atom is -0.290 e. The summed E-state index contributed by atoms with van der Waals surface area (Å²) in [6.45, 7) is 4.21. The molecule has 0 atom stereocenters. The van der Waals surface area contributed by atoms with E-state index in [0.717, 1.165) is 6.42 Å². The summed E-state index contributed by atoms with van der Waals surface area (Å²) in [7, 11) is 0. The van der Waals surface area contributed by atoms with Crippen LogP contribution in [-0.2, 0) is 9.59 Å². The van der Waals surface area contributed by atoms with Crippen LogP contribution in [0.5, 0.6) is 0 Å². The molecule has 0 N–H and O–H groups in total. The van der Waals surface area contributed by atoms with Crippen LogP contribution in [0.2, 0.25) is 0 Å². The molecule has 0 fully saturated rings. The fourth-order valence-corrected chi connectivity index (χ4v) is 1.20. The zero-order valence-electron chi connectivity index (χ0n) is 8.04. The second kappa shape index (κ2) is 4.17. The summed E-state index contributed by atoms with van der Waals surface area (Å²) in [4.78, 5) is 22.2. The first kappa shape index (κ1) is 9.90. The maximum absolute atomic E-state index is 11.2. The molecule has 2 heteroatoms. The van der Waals surface area contributed by atoms with Gasteiger partial charge in [0.2, 0.25) is 0 Å². The summed E-state index contributed by atoms with van der Waals surface area (Å²) in [5.41, 5.74) is 0.654. The van der Waals surface area contributed by atoms with Crippen molar-refractivity contribution in [3.05, 3.63) is 23.8 Å². The van der Waals surface area contributed by atoms with Crippen molar-refractivity contribution in [3.63, 3.8) is 0 Å². The third kappa shape index (κ3) is 2.98. The molecule has 0 saturated heterocycles. The van der Waals surface area contributed by atoms with Gasteiger partial charge in [0, 0.05) is 5.57 Å². The lowest BCUT2D eigenvalue weighted by Crippen LogP contribution is -2.08. The predicted octanol–water partition coefficient (Wildman–Crippen LogP) is 2.06. The quantitative estimate of drug-likeness (QED) is 0.620. The number of hydrogen-bond donors (Lipinski definition) is 0. The van der Waals surface area contributed by atoms with Crippen molar-refractivity contribution >= 4 is 11.6 Å². The fraction of sp³-hybridized carbons (Fsp3) is 0.455. The zero-order chi connectivity index (χ0) is 9.84. The van der Waals surface area contributed by atoms with Crippen molar-refractivity contribution in [2.75, 3.05) is 0 Å². The van der Waals surface area contributed by atoms with Crippen LogP contribution in [0.4, 0.5) is 0 Å². The fourth-order valence-electron chi connectivity index (χ4n) is 1.20. The molecule has 0 spiro atoms. The Labute approximate surface area is 78.3 Å². The van der Waals surface area contributed by atoms with Crippen molar-refractivity contribution < 1.29 is 9.59 Å². The molecule has 0 aromatic carbocycles. The molecule has 0 radical (unpaired) electrons. The van der Waals surface area contributed by atoms with Crippen LogP contribution in [0.1, 0.15) is 26.7 Å². The molecule has 0 aromatic heterocycles. The lowest BCUT2D eigenvalue weighted by molar-refractivity contribution is -0.114. The molecule has 0 amide bonds. The van der Waals surface area contributed by atoms with E-state index in [0.29, 0.717) is 17.9 Å². The number of rotatable bonds is 3. The van der Waals surface area contributed by atoms with Crippen molar-refractivity contribution in [2.45, 2.75) is 26.7 Å². The van der Waals surface area contributed by atoms with E-state index in [1.165, 1.54) is 18.2 Å². The van der Waals surface area contributed by atoms with Gasteiger partial charge in [-0.05, 0) is 37.0 Å². The van der Waals surface area contributed by atoms with Gasteiger partial charge in [-0.25, -0.2) is 0 Å². The smallest absolute Gasteiger partial charge is 0.182 e. The van der Waals surface area contributed by atoms with Gasteiger partial charge in [0.1, 0.15) is 0 Å². The maximum atomic E-state index is 11.2. The number of carbonyl (C=O) groups is 2. The third-order valence-corrected chi connectivity index (χ3v) is 2.02. The standard InChI is InChI=1S/C11H14O2/c1-8(2)3-4-9-7-10(12)5-6-11(9)13/h5-8H,3-4H2,1-2H3. The van der Waals surface area contributed by atoms with Crippen molar-refractivity contribution in [3.8, 4) is 0 Å². The van der Waals surface area contributed by atoms with Gasteiger partial charge in [0.25, 0.3) is 0 Å². The highest BCUT2D eigenvalue weighted by Crippen LogP contribution is 2.15. The zero-order valence-corrected chi connectivity index (χ0v) is 8.04. The first-order chi connectivity index (χ1) is 6.09. The number of ketones is 2. The summed E-state index contributed by atoms with van der Waals surface area (Å²) < 4.78 is 0. The summed E-state index contributed by atoms with van der Waals surface area (Å²) in [5, 5.41) is 0. The topological polar surface area (TPSA) is 34.1 Å². The lowest BCUT2D eigenvalue weighted by Gasteiger charge is -2.08. The van der Waals surface area contributed by atoms with Crippen LogP contribution in [0, 0.1) is 5.92 Å². The van der Waals surface area contributed by atoms with Crippen LogP contribution >= 0.6 is 0 Å². The van der Waals surface area contributed by atoms with E-state index < -0.39 is 0 Å². The number of hydrogen-bond acceptors (Lipinski definition) is 2. The molecule has 0 heterocycles. The minimum absolute atomic E-state index is 0.0137. The molecule has 0 unspecified atom stereocenters. The van der Waals surface area contributed by atoms with Crippen molar-refractivity contribution in [2.24, 2.45) is 5.92 Å². The number of carbonyl (C=O) groups excluding carboxylic acids is 2. The molecule has 13 heavy (non-hydrogen) atoms. The van der Waals surface area contributed by atoms with Crippen molar-refractivity contribution in [1.29, 1.82) is 0 Å². The average Bonchev–Trinajstić information content (AvgIpc) is 2.06.